The number of nitrogens with zero attached hydrogens (tertiary/aromatic N) is 3. The van der Waals surface area contributed by atoms with Crippen LogP contribution in [-0.4, -0.2) is 26.6 Å². The van der Waals surface area contributed by atoms with E-state index in [0.717, 1.165) is 0 Å². The van der Waals surface area contributed by atoms with Gasteiger partial charge in [-0.2, -0.15) is 5.10 Å². The summed E-state index contributed by atoms with van der Waals surface area (Å²) in [4.78, 5) is 15.6. The Morgan fingerprint density at radius 3 is 3.13 bits per heavy atom. The first kappa shape index (κ1) is 11.6. The zero-order valence-electron chi connectivity index (χ0n) is 8.89. The summed E-state index contributed by atoms with van der Waals surface area (Å²) in [6.45, 7) is 6.21. The number of ketones is 1. The highest BCUT2D eigenvalue weighted by atomic mass is 16.1. The third kappa shape index (κ3) is 2.99. The van der Waals surface area contributed by atoms with Gasteiger partial charge in [0.1, 0.15) is 12.2 Å². The first-order valence-electron chi connectivity index (χ1n) is 4.94. The predicted molar refractivity (Wildman–Crippen MR) is 57.2 cm³/mol. The molecule has 0 aromatic carbocycles. The van der Waals surface area contributed by atoms with Gasteiger partial charge in [-0.1, -0.05) is 6.08 Å². The van der Waals surface area contributed by atoms with Crippen LogP contribution in [-0.2, 0) is 17.8 Å². The third-order valence-electron chi connectivity index (χ3n) is 2.16. The molecule has 1 unspecified atom stereocenters. The van der Waals surface area contributed by atoms with E-state index in [1.807, 2.05) is 6.92 Å². The van der Waals surface area contributed by atoms with Gasteiger partial charge < -0.3 is 5.73 Å². The molecule has 0 saturated carbocycles. The van der Waals surface area contributed by atoms with Crippen molar-refractivity contribution in [2.75, 3.05) is 0 Å². The van der Waals surface area contributed by atoms with Gasteiger partial charge in [-0.15, -0.1) is 6.58 Å². The van der Waals surface area contributed by atoms with Crippen molar-refractivity contribution in [3.8, 4) is 0 Å². The largest absolute Gasteiger partial charge is 0.321 e. The number of Topliss-reactive ketones (excluding diaryl/α,β-unsaturated/α-hetero) is 1. The molecule has 0 amide bonds. The van der Waals surface area contributed by atoms with Crippen LogP contribution in [0.4, 0.5) is 0 Å². The Bertz CT molecular complexity index is 345. The van der Waals surface area contributed by atoms with E-state index in [2.05, 4.69) is 16.7 Å². The summed E-state index contributed by atoms with van der Waals surface area (Å²) in [5.41, 5.74) is 5.66. The topological polar surface area (TPSA) is 73.8 Å². The summed E-state index contributed by atoms with van der Waals surface area (Å²) in [5, 5.41) is 3.99. The third-order valence-corrected chi connectivity index (χ3v) is 2.16. The summed E-state index contributed by atoms with van der Waals surface area (Å²) >= 11 is 0. The maximum atomic E-state index is 11.6. The second-order valence-electron chi connectivity index (χ2n) is 3.27. The van der Waals surface area contributed by atoms with E-state index in [9.17, 15) is 4.79 Å². The van der Waals surface area contributed by atoms with E-state index >= 15 is 0 Å². The summed E-state index contributed by atoms with van der Waals surface area (Å²) < 4.78 is 1.69. The lowest BCUT2D eigenvalue weighted by Gasteiger charge is -2.07. The van der Waals surface area contributed by atoms with Crippen LogP contribution in [0.15, 0.2) is 19.0 Å². The second kappa shape index (κ2) is 5.41. The van der Waals surface area contributed by atoms with E-state index in [1.165, 1.54) is 6.33 Å². The number of hydrogen-bond donors (Lipinski definition) is 1. The van der Waals surface area contributed by atoms with Gasteiger partial charge in [-0.05, 0) is 13.3 Å². The number of aryl methyl sites for hydroxylation is 1. The van der Waals surface area contributed by atoms with E-state index in [0.29, 0.717) is 18.8 Å². The molecule has 5 nitrogen and oxygen atoms in total. The van der Waals surface area contributed by atoms with Crippen LogP contribution < -0.4 is 5.73 Å². The van der Waals surface area contributed by atoms with Gasteiger partial charge in [-0.3, -0.25) is 4.79 Å². The molecule has 0 aliphatic heterocycles. The average Bonchev–Trinajstić information content (AvgIpc) is 2.65. The Morgan fingerprint density at radius 2 is 2.53 bits per heavy atom. The number of carbonyl (C=O) groups is 1. The lowest BCUT2D eigenvalue weighted by atomic mass is 10.1. The quantitative estimate of drug-likeness (QED) is 0.683. The highest BCUT2D eigenvalue weighted by Crippen LogP contribution is 2.00. The maximum Gasteiger partial charge on any atom is 0.157 e. The molecule has 0 spiro atoms. The van der Waals surface area contributed by atoms with E-state index in [1.54, 1.807) is 10.8 Å². The average molecular weight is 208 g/mol. The normalized spacial score (nSPS) is 12.4. The van der Waals surface area contributed by atoms with Crippen molar-refractivity contribution < 1.29 is 4.79 Å². The molecule has 15 heavy (non-hydrogen) atoms. The molecule has 0 saturated heterocycles. The lowest BCUT2D eigenvalue weighted by molar-refractivity contribution is -0.119. The molecule has 0 bridgehead atoms. The SMILES string of the molecule is C=CCC(N)C(=O)Cc1ncnn1CC. The van der Waals surface area contributed by atoms with Crippen molar-refractivity contribution in [2.45, 2.75) is 32.4 Å². The van der Waals surface area contributed by atoms with Crippen LogP contribution in [0, 0.1) is 0 Å². The highest BCUT2D eigenvalue weighted by Gasteiger charge is 2.15. The van der Waals surface area contributed by atoms with Gasteiger partial charge in [0, 0.05) is 6.54 Å². The standard InChI is InChI=1S/C10H16N4O/c1-3-5-8(11)9(15)6-10-12-7-13-14(10)4-2/h3,7-8H,1,4-6,11H2,2H3. The van der Waals surface area contributed by atoms with Gasteiger partial charge in [0.2, 0.25) is 0 Å². The van der Waals surface area contributed by atoms with Crippen LogP contribution in [0.3, 0.4) is 0 Å². The molecule has 0 fully saturated rings. The number of hydrogen-bond acceptors (Lipinski definition) is 4. The minimum atomic E-state index is -0.482. The van der Waals surface area contributed by atoms with Gasteiger partial charge in [0.25, 0.3) is 0 Å². The maximum absolute atomic E-state index is 11.6. The number of rotatable bonds is 6. The van der Waals surface area contributed by atoms with Crippen molar-refractivity contribution >= 4 is 5.78 Å². The Balaban J connectivity index is 2.61. The molecule has 1 heterocycles. The molecule has 2 N–H and O–H groups in total. The molecule has 0 aliphatic carbocycles. The lowest BCUT2D eigenvalue weighted by Crippen LogP contribution is -2.31. The first-order valence-corrected chi connectivity index (χ1v) is 4.94. The highest BCUT2D eigenvalue weighted by molar-refractivity contribution is 5.85. The molecular formula is C10H16N4O. The van der Waals surface area contributed by atoms with Gasteiger partial charge >= 0.3 is 0 Å². The number of aromatic nitrogens is 3. The fraction of sp³-hybridized carbons (Fsp3) is 0.500. The minimum Gasteiger partial charge on any atom is -0.321 e. The van der Waals surface area contributed by atoms with Crippen molar-refractivity contribution in [3.05, 3.63) is 24.8 Å². The number of nitrogens with two attached hydrogens (primary N) is 1. The van der Waals surface area contributed by atoms with Gasteiger partial charge in [0.05, 0.1) is 12.5 Å². The van der Waals surface area contributed by atoms with Crippen molar-refractivity contribution in [2.24, 2.45) is 5.73 Å². The Morgan fingerprint density at radius 1 is 1.80 bits per heavy atom. The summed E-state index contributed by atoms with van der Waals surface area (Å²) in [6.07, 6.45) is 3.83. The molecule has 1 atom stereocenters. The Labute approximate surface area is 89.0 Å². The smallest absolute Gasteiger partial charge is 0.157 e. The van der Waals surface area contributed by atoms with E-state index in [4.69, 9.17) is 5.73 Å². The number of carbonyl (C=O) groups excluding carboxylic acids is 1. The molecule has 5 heteroatoms. The Kier molecular flexibility index (Phi) is 4.17. The first-order chi connectivity index (χ1) is 7.19. The van der Waals surface area contributed by atoms with Gasteiger partial charge in [0.15, 0.2) is 5.78 Å². The van der Waals surface area contributed by atoms with Crippen LogP contribution >= 0.6 is 0 Å². The Hall–Kier alpha value is -1.49. The van der Waals surface area contributed by atoms with Crippen LogP contribution in [0.25, 0.3) is 0 Å². The molecule has 0 aliphatic rings. The van der Waals surface area contributed by atoms with Gasteiger partial charge in [-0.25, -0.2) is 9.67 Å². The molecular weight excluding hydrogens is 192 g/mol. The fourth-order valence-corrected chi connectivity index (χ4v) is 1.29. The van der Waals surface area contributed by atoms with E-state index < -0.39 is 6.04 Å². The van der Waals surface area contributed by atoms with Crippen molar-refractivity contribution in [1.82, 2.24) is 14.8 Å². The van der Waals surface area contributed by atoms with Crippen LogP contribution in [0.2, 0.25) is 0 Å². The molecule has 1 aromatic rings. The van der Waals surface area contributed by atoms with Crippen LogP contribution in [0.5, 0.6) is 0 Å². The van der Waals surface area contributed by atoms with E-state index in [-0.39, 0.29) is 12.2 Å². The molecule has 82 valence electrons. The fourth-order valence-electron chi connectivity index (χ4n) is 1.29. The van der Waals surface area contributed by atoms with Crippen molar-refractivity contribution in [1.29, 1.82) is 0 Å². The summed E-state index contributed by atoms with van der Waals surface area (Å²) in [6, 6.07) is -0.482. The zero-order chi connectivity index (χ0) is 11.3. The van der Waals surface area contributed by atoms with Crippen molar-refractivity contribution in [3.63, 3.8) is 0 Å². The second-order valence-corrected chi connectivity index (χ2v) is 3.27. The van der Waals surface area contributed by atoms with Crippen LogP contribution in [0.1, 0.15) is 19.2 Å². The summed E-state index contributed by atoms with van der Waals surface area (Å²) in [5.74, 6) is 0.639. The molecule has 1 aromatic heterocycles. The predicted octanol–water partition coefficient (Wildman–Crippen LogP) is 0.313. The molecule has 0 radical (unpaired) electrons. The summed E-state index contributed by atoms with van der Waals surface area (Å²) in [7, 11) is 0. The zero-order valence-corrected chi connectivity index (χ0v) is 8.89. The minimum absolute atomic E-state index is 0.0300. The molecule has 1 rings (SSSR count). The monoisotopic (exact) mass is 208 g/mol.